The molecule has 0 aliphatic rings. The highest BCUT2D eigenvalue weighted by Crippen LogP contribution is 2.19. The van der Waals surface area contributed by atoms with E-state index in [0.29, 0.717) is 0 Å². The van der Waals surface area contributed by atoms with Gasteiger partial charge in [-0.2, -0.15) is 0 Å². The summed E-state index contributed by atoms with van der Waals surface area (Å²) in [5.74, 6) is -0.729. The Morgan fingerprint density at radius 2 is 1.58 bits per heavy atom. The summed E-state index contributed by atoms with van der Waals surface area (Å²) in [5, 5.41) is 14.8. The predicted octanol–water partition coefficient (Wildman–Crippen LogP) is 2.73. The van der Waals surface area contributed by atoms with E-state index in [1.807, 2.05) is 54.6 Å². The van der Waals surface area contributed by atoms with Gasteiger partial charge in [0.2, 0.25) is 0 Å². The summed E-state index contributed by atoms with van der Waals surface area (Å²) in [6.07, 6.45) is 0. The van der Waals surface area contributed by atoms with Gasteiger partial charge in [0, 0.05) is 12.5 Å². The summed E-state index contributed by atoms with van der Waals surface area (Å²) in [6.45, 7) is 1.08. The van der Waals surface area contributed by atoms with E-state index in [2.05, 4.69) is 0 Å². The molecule has 19 heavy (non-hydrogen) atoms. The van der Waals surface area contributed by atoms with Gasteiger partial charge in [-0.3, -0.25) is 10.2 Å². The Morgan fingerprint density at radius 1 is 1.05 bits per heavy atom. The van der Waals surface area contributed by atoms with Gasteiger partial charge in [0.1, 0.15) is 5.84 Å². The molecule has 0 unspecified atom stereocenters. The van der Waals surface area contributed by atoms with Gasteiger partial charge in [-0.15, -0.1) is 0 Å². The minimum absolute atomic E-state index is 0.104. The van der Waals surface area contributed by atoms with Crippen LogP contribution < -0.4 is 5.73 Å². The Kier molecular flexibility index (Phi) is 5.29. The second-order valence-corrected chi connectivity index (χ2v) is 3.88. The third kappa shape index (κ3) is 5.04. The quantitative estimate of drug-likeness (QED) is 0.570. The van der Waals surface area contributed by atoms with Crippen molar-refractivity contribution in [2.24, 2.45) is 5.73 Å². The lowest BCUT2D eigenvalue weighted by Gasteiger charge is -2.03. The van der Waals surface area contributed by atoms with E-state index in [1.54, 1.807) is 0 Å². The molecule has 98 valence electrons. The van der Waals surface area contributed by atoms with Crippen LogP contribution in [0.4, 0.5) is 0 Å². The third-order valence-corrected chi connectivity index (χ3v) is 2.28. The molecular formula is C15H16N2O2. The molecule has 4 N–H and O–H groups in total. The number of hydrogen-bond acceptors (Lipinski definition) is 2. The van der Waals surface area contributed by atoms with Crippen molar-refractivity contribution in [3.05, 3.63) is 60.2 Å². The molecule has 0 saturated carbocycles. The van der Waals surface area contributed by atoms with Gasteiger partial charge >= 0.3 is 0 Å². The molecule has 0 amide bonds. The minimum atomic E-state index is -0.833. The number of nitrogens with two attached hydrogens (primary N) is 1. The Labute approximate surface area is 112 Å². The third-order valence-electron chi connectivity index (χ3n) is 2.28. The first-order valence-electron chi connectivity index (χ1n) is 5.70. The average Bonchev–Trinajstić information content (AvgIpc) is 2.39. The maximum absolute atomic E-state index is 9.00. The number of aliphatic carboxylic acids is 1. The fourth-order valence-electron chi connectivity index (χ4n) is 1.50. The van der Waals surface area contributed by atoms with Gasteiger partial charge < -0.3 is 10.8 Å². The molecule has 0 heterocycles. The van der Waals surface area contributed by atoms with Crippen LogP contribution in [0.3, 0.4) is 0 Å². The lowest BCUT2D eigenvalue weighted by atomic mass is 10.0. The van der Waals surface area contributed by atoms with Crippen molar-refractivity contribution < 1.29 is 9.90 Å². The van der Waals surface area contributed by atoms with Crippen LogP contribution in [-0.4, -0.2) is 16.9 Å². The highest BCUT2D eigenvalue weighted by molar-refractivity contribution is 5.96. The topological polar surface area (TPSA) is 87.2 Å². The standard InChI is InChI=1S/C13H12N2.C2H4O2/c14-13(15)12-8-4-7-11(9-12)10-5-2-1-3-6-10;1-2(3)4/h1-9H,(H3,14,15);1H3,(H,3,4). The van der Waals surface area contributed by atoms with Crippen LogP contribution in [0.1, 0.15) is 12.5 Å². The first-order valence-corrected chi connectivity index (χ1v) is 5.70. The smallest absolute Gasteiger partial charge is 0.300 e. The van der Waals surface area contributed by atoms with Gasteiger partial charge in [0.25, 0.3) is 5.97 Å². The normalized spacial score (nSPS) is 9.11. The summed E-state index contributed by atoms with van der Waals surface area (Å²) in [7, 11) is 0. The van der Waals surface area contributed by atoms with E-state index in [0.717, 1.165) is 23.6 Å². The molecule has 0 spiro atoms. The van der Waals surface area contributed by atoms with E-state index in [9.17, 15) is 0 Å². The van der Waals surface area contributed by atoms with Gasteiger partial charge in [-0.05, 0) is 17.2 Å². The molecule has 0 radical (unpaired) electrons. The number of benzene rings is 2. The first kappa shape index (κ1) is 14.4. The van der Waals surface area contributed by atoms with Crippen LogP contribution in [0.5, 0.6) is 0 Å². The summed E-state index contributed by atoms with van der Waals surface area (Å²) in [4.78, 5) is 9.00. The van der Waals surface area contributed by atoms with Crippen molar-refractivity contribution in [3.8, 4) is 11.1 Å². The molecule has 2 rings (SSSR count). The molecule has 4 nitrogen and oxygen atoms in total. The van der Waals surface area contributed by atoms with E-state index >= 15 is 0 Å². The maximum Gasteiger partial charge on any atom is 0.300 e. The number of carbonyl (C=O) groups is 1. The number of rotatable bonds is 2. The summed E-state index contributed by atoms with van der Waals surface area (Å²) in [6, 6.07) is 17.8. The molecule has 0 aliphatic heterocycles. The highest BCUT2D eigenvalue weighted by atomic mass is 16.4. The first-order chi connectivity index (χ1) is 9.00. The van der Waals surface area contributed by atoms with Crippen LogP contribution >= 0.6 is 0 Å². The Hall–Kier alpha value is -2.62. The molecule has 4 heteroatoms. The van der Waals surface area contributed by atoms with Crippen molar-refractivity contribution in [2.75, 3.05) is 0 Å². The van der Waals surface area contributed by atoms with Crippen LogP contribution in [0.15, 0.2) is 54.6 Å². The lowest BCUT2D eigenvalue weighted by Crippen LogP contribution is -2.10. The molecule has 0 aliphatic carbocycles. The molecule has 2 aromatic carbocycles. The highest BCUT2D eigenvalue weighted by Gasteiger charge is 1.99. The zero-order valence-electron chi connectivity index (χ0n) is 10.6. The molecular weight excluding hydrogens is 240 g/mol. The zero-order chi connectivity index (χ0) is 14.3. The van der Waals surface area contributed by atoms with Crippen molar-refractivity contribution in [3.63, 3.8) is 0 Å². The van der Waals surface area contributed by atoms with Gasteiger partial charge in [0.05, 0.1) is 0 Å². The average molecular weight is 256 g/mol. The SMILES string of the molecule is CC(=O)O.N=C(N)c1cccc(-c2ccccc2)c1. The lowest BCUT2D eigenvalue weighted by molar-refractivity contribution is -0.134. The van der Waals surface area contributed by atoms with E-state index in [4.69, 9.17) is 21.0 Å². The zero-order valence-corrected chi connectivity index (χ0v) is 10.6. The van der Waals surface area contributed by atoms with Gasteiger partial charge in [-0.25, -0.2) is 0 Å². The van der Waals surface area contributed by atoms with Crippen LogP contribution in [0, 0.1) is 5.41 Å². The van der Waals surface area contributed by atoms with Gasteiger partial charge in [-0.1, -0.05) is 48.5 Å². The Morgan fingerprint density at radius 3 is 2.11 bits per heavy atom. The number of nitrogens with one attached hydrogen (secondary N) is 1. The fraction of sp³-hybridized carbons (Fsp3) is 0.0667. The Bertz CT molecular complexity index is 561. The predicted molar refractivity (Wildman–Crippen MR) is 76.2 cm³/mol. The van der Waals surface area contributed by atoms with Crippen LogP contribution in [0.2, 0.25) is 0 Å². The molecule has 2 aromatic rings. The number of carboxylic acids is 1. The van der Waals surface area contributed by atoms with Crippen molar-refractivity contribution in [1.82, 2.24) is 0 Å². The van der Waals surface area contributed by atoms with E-state index < -0.39 is 5.97 Å². The summed E-state index contributed by atoms with van der Waals surface area (Å²) in [5.41, 5.74) is 8.43. The van der Waals surface area contributed by atoms with E-state index in [1.165, 1.54) is 0 Å². The second kappa shape index (κ2) is 6.96. The maximum atomic E-state index is 9.00. The Balaban J connectivity index is 0.000000399. The summed E-state index contributed by atoms with van der Waals surface area (Å²) < 4.78 is 0. The number of carboxylic acid groups (broad SMARTS) is 1. The largest absolute Gasteiger partial charge is 0.481 e. The van der Waals surface area contributed by atoms with Crippen molar-refractivity contribution in [2.45, 2.75) is 6.92 Å². The molecule has 0 fully saturated rings. The minimum Gasteiger partial charge on any atom is -0.481 e. The fourth-order valence-corrected chi connectivity index (χ4v) is 1.50. The van der Waals surface area contributed by atoms with Gasteiger partial charge in [0.15, 0.2) is 0 Å². The molecule has 0 atom stereocenters. The summed E-state index contributed by atoms with van der Waals surface area (Å²) >= 11 is 0. The van der Waals surface area contributed by atoms with E-state index in [-0.39, 0.29) is 5.84 Å². The molecule has 0 aromatic heterocycles. The second-order valence-electron chi connectivity index (χ2n) is 3.88. The number of amidine groups is 1. The van der Waals surface area contributed by atoms with Crippen LogP contribution in [0.25, 0.3) is 11.1 Å². The molecule has 0 saturated heterocycles. The van der Waals surface area contributed by atoms with Crippen molar-refractivity contribution >= 4 is 11.8 Å². The number of nitrogen functional groups attached to an aromatic ring is 1. The van der Waals surface area contributed by atoms with Crippen molar-refractivity contribution in [1.29, 1.82) is 5.41 Å². The molecule has 0 bridgehead atoms. The number of hydrogen-bond donors (Lipinski definition) is 3. The monoisotopic (exact) mass is 256 g/mol. The van der Waals surface area contributed by atoms with Crippen LogP contribution in [-0.2, 0) is 4.79 Å².